The Morgan fingerprint density at radius 2 is 1.47 bits per heavy atom. The van der Waals surface area contributed by atoms with Gasteiger partial charge in [-0.3, -0.25) is 0 Å². The van der Waals surface area contributed by atoms with Crippen LogP contribution in [-0.4, -0.2) is 45.9 Å². The summed E-state index contributed by atoms with van der Waals surface area (Å²) in [5.74, 6) is 0.705. The van der Waals surface area contributed by atoms with Crippen molar-refractivity contribution >= 4 is 22.5 Å². The van der Waals surface area contributed by atoms with Gasteiger partial charge in [0.15, 0.2) is 5.65 Å². The summed E-state index contributed by atoms with van der Waals surface area (Å²) < 4.78 is 15.1. The Balaban J connectivity index is 1.42. The molecule has 152 valence electrons. The van der Waals surface area contributed by atoms with Gasteiger partial charge < -0.3 is 9.80 Å². The predicted octanol–water partition coefficient (Wildman–Crippen LogP) is 3.90. The standard InChI is InChI=1S/C23H23FN6/c1-16-11-17(2)13-20(12-16)30-23-21(14-27-30)22(25-15-26-23)29-9-7-28(8-10-29)19-5-3-18(24)4-6-19/h3-6,11-15H,7-10H2,1-2H3. The van der Waals surface area contributed by atoms with E-state index in [-0.39, 0.29) is 5.82 Å². The van der Waals surface area contributed by atoms with Crippen molar-refractivity contribution in [2.45, 2.75) is 13.8 Å². The number of halogens is 1. The number of piperazine rings is 1. The molecule has 30 heavy (non-hydrogen) atoms. The van der Waals surface area contributed by atoms with Crippen LogP contribution in [0.1, 0.15) is 11.1 Å². The molecule has 0 N–H and O–H groups in total. The minimum absolute atomic E-state index is 0.207. The van der Waals surface area contributed by atoms with Crippen molar-refractivity contribution in [2.24, 2.45) is 0 Å². The van der Waals surface area contributed by atoms with E-state index in [4.69, 9.17) is 0 Å². The highest BCUT2D eigenvalue weighted by Gasteiger charge is 2.22. The molecule has 0 amide bonds. The van der Waals surface area contributed by atoms with Crippen molar-refractivity contribution in [1.82, 2.24) is 19.7 Å². The van der Waals surface area contributed by atoms with Gasteiger partial charge in [-0.15, -0.1) is 0 Å². The highest BCUT2D eigenvalue weighted by atomic mass is 19.1. The first-order valence-corrected chi connectivity index (χ1v) is 10.1. The van der Waals surface area contributed by atoms with Crippen molar-refractivity contribution < 1.29 is 4.39 Å². The second-order valence-electron chi connectivity index (χ2n) is 7.79. The molecule has 0 unspecified atom stereocenters. The lowest BCUT2D eigenvalue weighted by molar-refractivity contribution is 0.624. The number of rotatable bonds is 3. The van der Waals surface area contributed by atoms with E-state index in [0.29, 0.717) is 0 Å². The number of anilines is 2. The van der Waals surface area contributed by atoms with Gasteiger partial charge in [-0.1, -0.05) is 6.07 Å². The third-order valence-electron chi connectivity index (χ3n) is 5.57. The van der Waals surface area contributed by atoms with Crippen molar-refractivity contribution in [2.75, 3.05) is 36.0 Å². The molecule has 1 saturated heterocycles. The van der Waals surface area contributed by atoms with Crippen LogP contribution >= 0.6 is 0 Å². The Labute approximate surface area is 174 Å². The molecule has 2 aromatic carbocycles. The molecule has 6 nitrogen and oxygen atoms in total. The zero-order valence-electron chi connectivity index (χ0n) is 17.1. The molecule has 7 heteroatoms. The molecule has 0 aliphatic carbocycles. The molecule has 0 bridgehead atoms. The highest BCUT2D eigenvalue weighted by molar-refractivity contribution is 5.87. The van der Waals surface area contributed by atoms with Crippen LogP contribution in [0.25, 0.3) is 16.7 Å². The van der Waals surface area contributed by atoms with Gasteiger partial charge in [-0.05, 0) is 61.4 Å². The molecular formula is C23H23FN6. The maximum atomic E-state index is 13.2. The minimum Gasteiger partial charge on any atom is -0.368 e. The molecule has 1 aliphatic heterocycles. The van der Waals surface area contributed by atoms with Crippen LogP contribution in [0.15, 0.2) is 55.0 Å². The van der Waals surface area contributed by atoms with E-state index in [1.165, 1.54) is 23.3 Å². The van der Waals surface area contributed by atoms with Crippen molar-refractivity contribution in [3.8, 4) is 5.69 Å². The molecule has 5 rings (SSSR count). The molecule has 1 aliphatic rings. The molecule has 1 fully saturated rings. The van der Waals surface area contributed by atoms with Gasteiger partial charge in [0, 0.05) is 31.9 Å². The van der Waals surface area contributed by atoms with Crippen LogP contribution < -0.4 is 9.80 Å². The van der Waals surface area contributed by atoms with Crippen LogP contribution in [0.3, 0.4) is 0 Å². The number of fused-ring (bicyclic) bond motifs is 1. The van der Waals surface area contributed by atoms with E-state index in [2.05, 4.69) is 56.9 Å². The molecule has 4 aromatic rings. The molecule has 0 saturated carbocycles. The van der Waals surface area contributed by atoms with Gasteiger partial charge in [0.2, 0.25) is 0 Å². The number of nitrogens with zero attached hydrogens (tertiary/aromatic N) is 6. The second-order valence-corrected chi connectivity index (χ2v) is 7.79. The van der Waals surface area contributed by atoms with Crippen LogP contribution in [0, 0.1) is 19.7 Å². The number of hydrogen-bond acceptors (Lipinski definition) is 5. The Hall–Kier alpha value is -3.48. The van der Waals surface area contributed by atoms with Gasteiger partial charge in [-0.25, -0.2) is 19.0 Å². The third-order valence-corrected chi connectivity index (χ3v) is 5.57. The first-order valence-electron chi connectivity index (χ1n) is 10.1. The summed E-state index contributed by atoms with van der Waals surface area (Å²) in [5.41, 5.74) is 5.26. The number of aromatic nitrogens is 4. The van der Waals surface area contributed by atoms with E-state index in [0.717, 1.165) is 54.4 Å². The molecule has 0 atom stereocenters. The summed E-state index contributed by atoms with van der Waals surface area (Å²) in [6.45, 7) is 7.54. The van der Waals surface area contributed by atoms with E-state index in [1.807, 2.05) is 23.0 Å². The van der Waals surface area contributed by atoms with Gasteiger partial charge in [0.1, 0.15) is 18.0 Å². The lowest BCUT2D eigenvalue weighted by Crippen LogP contribution is -2.46. The highest BCUT2D eigenvalue weighted by Crippen LogP contribution is 2.27. The third kappa shape index (κ3) is 3.36. The van der Waals surface area contributed by atoms with Gasteiger partial charge >= 0.3 is 0 Å². The SMILES string of the molecule is Cc1cc(C)cc(-n2ncc3c(N4CCN(c5ccc(F)cc5)CC4)ncnc32)c1. The summed E-state index contributed by atoms with van der Waals surface area (Å²) in [4.78, 5) is 13.6. The monoisotopic (exact) mass is 402 g/mol. The topological polar surface area (TPSA) is 50.1 Å². The fraction of sp³-hybridized carbons (Fsp3) is 0.261. The van der Waals surface area contributed by atoms with Crippen LogP contribution in [0.2, 0.25) is 0 Å². The number of aryl methyl sites for hydroxylation is 2. The number of benzene rings is 2. The molecule has 3 heterocycles. The average molecular weight is 402 g/mol. The normalized spacial score (nSPS) is 14.5. The fourth-order valence-corrected chi connectivity index (χ4v) is 4.17. The fourth-order valence-electron chi connectivity index (χ4n) is 4.17. The van der Waals surface area contributed by atoms with Crippen LogP contribution in [0.5, 0.6) is 0 Å². The Kier molecular flexibility index (Phi) is 4.58. The zero-order valence-corrected chi connectivity index (χ0v) is 17.1. The van der Waals surface area contributed by atoms with E-state index < -0.39 is 0 Å². The Morgan fingerprint density at radius 3 is 2.17 bits per heavy atom. The summed E-state index contributed by atoms with van der Waals surface area (Å²) in [7, 11) is 0. The molecule has 2 aromatic heterocycles. The summed E-state index contributed by atoms with van der Waals surface area (Å²) in [6, 6.07) is 13.1. The maximum Gasteiger partial charge on any atom is 0.168 e. The molecule has 0 spiro atoms. The van der Waals surface area contributed by atoms with E-state index in [1.54, 1.807) is 6.33 Å². The van der Waals surface area contributed by atoms with Crippen molar-refractivity contribution in [1.29, 1.82) is 0 Å². The first kappa shape index (κ1) is 18.5. The van der Waals surface area contributed by atoms with Crippen LogP contribution in [-0.2, 0) is 0 Å². The lowest BCUT2D eigenvalue weighted by Gasteiger charge is -2.36. The number of hydrogen-bond donors (Lipinski definition) is 0. The van der Waals surface area contributed by atoms with E-state index in [9.17, 15) is 4.39 Å². The maximum absolute atomic E-state index is 13.2. The predicted molar refractivity (Wildman–Crippen MR) is 117 cm³/mol. The van der Waals surface area contributed by atoms with Gasteiger partial charge in [-0.2, -0.15) is 5.10 Å². The van der Waals surface area contributed by atoms with Gasteiger partial charge in [0.25, 0.3) is 0 Å². The molecule has 0 radical (unpaired) electrons. The van der Waals surface area contributed by atoms with E-state index >= 15 is 0 Å². The summed E-state index contributed by atoms with van der Waals surface area (Å²) in [6.07, 6.45) is 3.47. The van der Waals surface area contributed by atoms with Crippen LogP contribution in [0.4, 0.5) is 15.9 Å². The summed E-state index contributed by atoms with van der Waals surface area (Å²) >= 11 is 0. The van der Waals surface area contributed by atoms with Gasteiger partial charge in [0.05, 0.1) is 17.3 Å². The minimum atomic E-state index is -0.207. The Morgan fingerprint density at radius 1 is 0.800 bits per heavy atom. The quantitative estimate of drug-likeness (QED) is 0.520. The zero-order chi connectivity index (χ0) is 20.7. The largest absolute Gasteiger partial charge is 0.368 e. The Bertz CT molecular complexity index is 1170. The van der Waals surface area contributed by atoms with Crippen molar-refractivity contribution in [3.05, 3.63) is 71.9 Å². The second kappa shape index (κ2) is 7.40. The summed E-state index contributed by atoms with van der Waals surface area (Å²) in [5, 5.41) is 5.57. The first-order chi connectivity index (χ1) is 14.6. The molecular weight excluding hydrogens is 379 g/mol. The average Bonchev–Trinajstić information content (AvgIpc) is 3.18. The smallest absolute Gasteiger partial charge is 0.168 e. The van der Waals surface area contributed by atoms with Crippen molar-refractivity contribution in [3.63, 3.8) is 0 Å². The lowest BCUT2D eigenvalue weighted by atomic mass is 10.1.